The normalized spacial score (nSPS) is 12.6. The van der Waals surface area contributed by atoms with E-state index < -0.39 is 0 Å². The summed E-state index contributed by atoms with van der Waals surface area (Å²) in [4.78, 5) is 4.52. The van der Waals surface area contributed by atoms with Crippen molar-refractivity contribution in [2.45, 2.75) is 39.3 Å². The van der Waals surface area contributed by atoms with Gasteiger partial charge in [0.2, 0.25) is 0 Å². The lowest BCUT2D eigenvalue weighted by molar-refractivity contribution is 0.516. The first-order valence-corrected chi connectivity index (χ1v) is 8.02. The quantitative estimate of drug-likeness (QED) is 0.830. The van der Waals surface area contributed by atoms with Gasteiger partial charge in [0.05, 0.1) is 0 Å². The van der Waals surface area contributed by atoms with Crippen molar-refractivity contribution in [1.29, 1.82) is 0 Å². The predicted octanol–water partition coefficient (Wildman–Crippen LogP) is 3.95. The van der Waals surface area contributed by atoms with Crippen molar-refractivity contribution in [3.63, 3.8) is 0 Å². The van der Waals surface area contributed by atoms with Crippen LogP contribution in [0.3, 0.4) is 0 Å². The Balaban J connectivity index is 2.18. The Kier molecular flexibility index (Phi) is 5.80. The zero-order chi connectivity index (χ0) is 14.4. The first kappa shape index (κ1) is 15.3. The summed E-state index contributed by atoms with van der Waals surface area (Å²) < 4.78 is 3.37. The summed E-state index contributed by atoms with van der Waals surface area (Å²) in [6.07, 6.45) is 6.01. The Morgan fingerprint density at radius 3 is 2.90 bits per heavy atom. The van der Waals surface area contributed by atoms with E-state index in [2.05, 4.69) is 75.1 Å². The fraction of sp³-hybridized carbons (Fsp3) is 0.438. The van der Waals surface area contributed by atoms with E-state index in [0.29, 0.717) is 6.04 Å². The molecule has 0 spiro atoms. The molecule has 0 aliphatic carbocycles. The van der Waals surface area contributed by atoms with E-state index in [1.54, 1.807) is 0 Å². The number of halogens is 1. The maximum Gasteiger partial charge on any atom is 0.110 e. The second kappa shape index (κ2) is 7.60. The third kappa shape index (κ3) is 3.93. The molecule has 1 atom stereocenters. The van der Waals surface area contributed by atoms with Crippen LogP contribution in [0.1, 0.15) is 37.7 Å². The predicted molar refractivity (Wildman–Crippen MR) is 86.8 cm³/mol. The van der Waals surface area contributed by atoms with Crippen LogP contribution in [0.15, 0.2) is 41.1 Å². The molecule has 2 rings (SSSR count). The first-order valence-electron chi connectivity index (χ1n) is 7.23. The van der Waals surface area contributed by atoms with Crippen LogP contribution in [0.4, 0.5) is 0 Å². The highest BCUT2D eigenvalue weighted by Crippen LogP contribution is 2.21. The summed E-state index contributed by atoms with van der Waals surface area (Å²) in [5.41, 5.74) is 1.30. The van der Waals surface area contributed by atoms with E-state index in [4.69, 9.17) is 0 Å². The zero-order valence-electron chi connectivity index (χ0n) is 12.1. The van der Waals surface area contributed by atoms with Gasteiger partial charge in [-0.1, -0.05) is 41.9 Å². The number of imidazole rings is 1. The molecule has 0 aliphatic rings. The van der Waals surface area contributed by atoms with Gasteiger partial charge >= 0.3 is 0 Å². The highest BCUT2D eigenvalue weighted by molar-refractivity contribution is 9.10. The van der Waals surface area contributed by atoms with Crippen LogP contribution in [0.25, 0.3) is 0 Å². The van der Waals surface area contributed by atoms with Crippen LogP contribution in [-0.4, -0.2) is 16.1 Å². The van der Waals surface area contributed by atoms with E-state index in [-0.39, 0.29) is 0 Å². The number of aromatic nitrogens is 2. The van der Waals surface area contributed by atoms with E-state index >= 15 is 0 Å². The Morgan fingerprint density at radius 2 is 2.20 bits per heavy atom. The minimum atomic E-state index is 0.301. The van der Waals surface area contributed by atoms with Crippen molar-refractivity contribution < 1.29 is 0 Å². The van der Waals surface area contributed by atoms with E-state index in [0.717, 1.165) is 36.2 Å². The number of benzene rings is 1. The lowest BCUT2D eigenvalue weighted by Crippen LogP contribution is -2.24. The molecule has 0 amide bonds. The molecule has 3 nitrogen and oxygen atoms in total. The van der Waals surface area contributed by atoms with E-state index in [1.165, 1.54) is 5.56 Å². The average molecular weight is 336 g/mol. The van der Waals surface area contributed by atoms with Crippen molar-refractivity contribution in [3.8, 4) is 0 Å². The van der Waals surface area contributed by atoms with Gasteiger partial charge in [-0.3, -0.25) is 0 Å². The van der Waals surface area contributed by atoms with Gasteiger partial charge < -0.3 is 9.88 Å². The largest absolute Gasteiger partial charge is 0.335 e. The number of nitrogens with zero attached hydrogens (tertiary/aromatic N) is 2. The van der Waals surface area contributed by atoms with Crippen molar-refractivity contribution >= 4 is 15.9 Å². The highest BCUT2D eigenvalue weighted by Gasteiger charge is 2.14. The summed E-state index contributed by atoms with van der Waals surface area (Å²) in [6.45, 7) is 6.32. The van der Waals surface area contributed by atoms with E-state index in [1.807, 2.05) is 6.20 Å². The summed E-state index contributed by atoms with van der Waals surface area (Å²) >= 11 is 3.55. The molecule has 1 unspecified atom stereocenters. The van der Waals surface area contributed by atoms with Crippen molar-refractivity contribution in [3.05, 3.63) is 52.5 Å². The van der Waals surface area contributed by atoms with Gasteiger partial charge in [-0.25, -0.2) is 4.98 Å². The van der Waals surface area contributed by atoms with Crippen LogP contribution in [-0.2, 0) is 13.0 Å². The third-order valence-corrected chi connectivity index (χ3v) is 3.85. The van der Waals surface area contributed by atoms with Crippen molar-refractivity contribution in [2.24, 2.45) is 0 Å². The molecule has 0 fully saturated rings. The van der Waals surface area contributed by atoms with Crippen molar-refractivity contribution in [2.75, 3.05) is 6.54 Å². The Hall–Kier alpha value is -1.13. The molecule has 1 heterocycles. The maximum atomic E-state index is 4.52. The van der Waals surface area contributed by atoms with Gasteiger partial charge in [0.25, 0.3) is 0 Å². The summed E-state index contributed by atoms with van der Waals surface area (Å²) in [5.74, 6) is 1.15. The molecule has 2 aromatic rings. The van der Waals surface area contributed by atoms with Gasteiger partial charge in [0, 0.05) is 35.9 Å². The smallest absolute Gasteiger partial charge is 0.110 e. The molecule has 4 heteroatoms. The number of likely N-dealkylation sites (N-methyl/N-ethyl adjacent to an activating group) is 1. The van der Waals surface area contributed by atoms with Gasteiger partial charge in [0.15, 0.2) is 0 Å². The molecule has 0 aliphatic heterocycles. The fourth-order valence-corrected chi connectivity index (χ4v) is 2.85. The van der Waals surface area contributed by atoms with Crippen LogP contribution < -0.4 is 5.32 Å². The third-order valence-electron chi connectivity index (χ3n) is 3.35. The highest BCUT2D eigenvalue weighted by atomic mass is 79.9. The van der Waals surface area contributed by atoms with Crippen LogP contribution >= 0.6 is 15.9 Å². The van der Waals surface area contributed by atoms with Crippen LogP contribution in [0.2, 0.25) is 0 Å². The minimum Gasteiger partial charge on any atom is -0.335 e. The van der Waals surface area contributed by atoms with Crippen molar-refractivity contribution in [1.82, 2.24) is 14.9 Å². The van der Waals surface area contributed by atoms with Gasteiger partial charge in [0.1, 0.15) is 5.82 Å². The second-order valence-corrected chi connectivity index (χ2v) is 5.82. The number of hydrogen-bond donors (Lipinski definition) is 1. The Bertz CT molecular complexity index is 536. The maximum absolute atomic E-state index is 4.52. The fourth-order valence-electron chi connectivity index (χ4n) is 2.43. The van der Waals surface area contributed by atoms with E-state index in [9.17, 15) is 0 Å². The summed E-state index contributed by atoms with van der Waals surface area (Å²) in [5, 5.41) is 3.56. The molecule has 1 aromatic heterocycles. The summed E-state index contributed by atoms with van der Waals surface area (Å²) in [6, 6.07) is 8.80. The molecular weight excluding hydrogens is 314 g/mol. The Labute approximate surface area is 129 Å². The summed E-state index contributed by atoms with van der Waals surface area (Å²) in [7, 11) is 0. The number of nitrogens with one attached hydrogen (secondary N) is 1. The Morgan fingerprint density at radius 1 is 1.35 bits per heavy atom. The molecular formula is C16H22BrN3. The second-order valence-electron chi connectivity index (χ2n) is 4.91. The lowest BCUT2D eigenvalue weighted by atomic mass is 10.0. The molecule has 0 radical (unpaired) electrons. The molecule has 20 heavy (non-hydrogen) atoms. The average Bonchev–Trinajstić information content (AvgIpc) is 2.86. The molecule has 1 aromatic carbocycles. The standard InChI is InChI=1S/C16H22BrN3/c1-3-9-20-10-8-19-16(20)12-15(18-4-2)13-6-5-7-14(17)11-13/h5-8,10-11,15,18H,3-4,9,12H2,1-2H3. The SMILES string of the molecule is CCCn1ccnc1CC(NCC)c1cccc(Br)c1. The lowest BCUT2D eigenvalue weighted by Gasteiger charge is -2.19. The van der Waals surface area contributed by atoms with Crippen LogP contribution in [0.5, 0.6) is 0 Å². The number of rotatable bonds is 7. The molecule has 108 valence electrons. The van der Waals surface area contributed by atoms with Gasteiger partial charge in [-0.05, 0) is 30.7 Å². The zero-order valence-corrected chi connectivity index (χ0v) is 13.7. The number of hydrogen-bond acceptors (Lipinski definition) is 2. The number of aryl methyl sites for hydroxylation is 1. The topological polar surface area (TPSA) is 29.9 Å². The van der Waals surface area contributed by atoms with Gasteiger partial charge in [-0.2, -0.15) is 0 Å². The molecule has 1 N–H and O–H groups in total. The minimum absolute atomic E-state index is 0.301. The molecule has 0 saturated carbocycles. The monoisotopic (exact) mass is 335 g/mol. The van der Waals surface area contributed by atoms with Crippen LogP contribution in [0, 0.1) is 0 Å². The molecule has 0 saturated heterocycles. The molecule has 0 bridgehead atoms. The van der Waals surface area contributed by atoms with Gasteiger partial charge in [-0.15, -0.1) is 0 Å². The first-order chi connectivity index (χ1) is 9.74.